The van der Waals surface area contributed by atoms with Crippen molar-refractivity contribution in [1.29, 1.82) is 0 Å². The van der Waals surface area contributed by atoms with Crippen molar-refractivity contribution in [3.8, 4) is 0 Å². The van der Waals surface area contributed by atoms with Gasteiger partial charge >= 0.3 is 0 Å². The summed E-state index contributed by atoms with van der Waals surface area (Å²) >= 11 is 12.6. The fourth-order valence-corrected chi connectivity index (χ4v) is 6.51. The number of likely N-dealkylation sites (tertiary alicyclic amines) is 1. The molecule has 2 heterocycles. The first-order valence-corrected chi connectivity index (χ1v) is 13.0. The van der Waals surface area contributed by atoms with Gasteiger partial charge in [0.05, 0.1) is 28.8 Å². The van der Waals surface area contributed by atoms with Gasteiger partial charge in [-0.3, -0.25) is 4.79 Å². The Bertz CT molecular complexity index is 1060. The maximum atomic E-state index is 13.2. The number of sulfonamides is 1. The summed E-state index contributed by atoms with van der Waals surface area (Å²) in [4.78, 5) is 14.9. The fraction of sp³-hybridized carbons (Fsp3) is 0.435. The van der Waals surface area contributed by atoms with E-state index in [-0.39, 0.29) is 39.5 Å². The first-order valence-electron chi connectivity index (χ1n) is 10.8. The molecule has 2 saturated heterocycles. The van der Waals surface area contributed by atoms with E-state index in [9.17, 15) is 13.2 Å². The third-order valence-electron chi connectivity index (χ3n) is 6.11. The average molecular weight is 497 g/mol. The molecule has 9 heteroatoms. The van der Waals surface area contributed by atoms with Crippen LogP contribution in [0.1, 0.15) is 28.8 Å². The molecule has 0 saturated carbocycles. The molecular formula is C23H26Cl2N2O4S. The van der Waals surface area contributed by atoms with Gasteiger partial charge in [-0.25, -0.2) is 8.42 Å². The van der Waals surface area contributed by atoms with Crippen LogP contribution in [0.3, 0.4) is 0 Å². The first kappa shape index (κ1) is 23.5. The van der Waals surface area contributed by atoms with Gasteiger partial charge in [0.2, 0.25) is 10.0 Å². The number of nitrogens with zero attached hydrogens (tertiary/aromatic N) is 2. The van der Waals surface area contributed by atoms with E-state index in [1.54, 1.807) is 4.90 Å². The lowest BCUT2D eigenvalue weighted by Gasteiger charge is -2.32. The molecule has 2 aromatic rings. The van der Waals surface area contributed by atoms with E-state index in [1.165, 1.54) is 22.0 Å². The minimum atomic E-state index is -3.85. The van der Waals surface area contributed by atoms with Gasteiger partial charge in [0.1, 0.15) is 4.90 Å². The van der Waals surface area contributed by atoms with Crippen molar-refractivity contribution in [3.05, 3.63) is 63.6 Å². The van der Waals surface area contributed by atoms with Crippen LogP contribution in [-0.4, -0.2) is 62.9 Å². The maximum absolute atomic E-state index is 13.2. The van der Waals surface area contributed by atoms with Gasteiger partial charge in [-0.15, -0.1) is 0 Å². The van der Waals surface area contributed by atoms with Gasteiger partial charge in [0, 0.05) is 26.2 Å². The third kappa shape index (κ3) is 5.13. The molecule has 32 heavy (non-hydrogen) atoms. The summed E-state index contributed by atoms with van der Waals surface area (Å²) in [7, 11) is -3.85. The Labute approximate surface area is 199 Å². The van der Waals surface area contributed by atoms with Gasteiger partial charge in [-0.2, -0.15) is 4.31 Å². The Morgan fingerprint density at radius 1 is 0.969 bits per heavy atom. The number of morpholine rings is 1. The largest absolute Gasteiger partial charge is 0.379 e. The van der Waals surface area contributed by atoms with E-state index >= 15 is 0 Å². The second kappa shape index (κ2) is 10.1. The Morgan fingerprint density at radius 3 is 2.28 bits per heavy atom. The minimum Gasteiger partial charge on any atom is -0.379 e. The van der Waals surface area contributed by atoms with Crippen LogP contribution in [0, 0.1) is 5.92 Å². The van der Waals surface area contributed by atoms with Crippen LogP contribution >= 0.6 is 23.2 Å². The average Bonchev–Trinajstić information content (AvgIpc) is 2.80. The number of piperidine rings is 1. The number of amides is 1. The molecule has 0 spiro atoms. The number of benzene rings is 2. The van der Waals surface area contributed by atoms with Gasteiger partial charge in [-0.1, -0.05) is 53.5 Å². The lowest BCUT2D eigenvalue weighted by Crippen LogP contribution is -2.41. The fourth-order valence-electron chi connectivity index (χ4n) is 4.27. The van der Waals surface area contributed by atoms with E-state index < -0.39 is 10.0 Å². The number of hydrogen-bond acceptors (Lipinski definition) is 4. The highest BCUT2D eigenvalue weighted by molar-refractivity contribution is 7.89. The van der Waals surface area contributed by atoms with Gasteiger partial charge in [0.15, 0.2) is 0 Å². The van der Waals surface area contributed by atoms with Gasteiger partial charge in [0.25, 0.3) is 5.91 Å². The standard InChI is InChI=1S/C23H26Cl2N2O4S/c24-20-16-21(25)22(32(29,30)27-10-12-31-13-11-27)15-19(20)23(28)26-8-6-18(7-9-26)14-17-4-2-1-3-5-17/h1-5,15-16,18H,6-14H2. The van der Waals surface area contributed by atoms with Gasteiger partial charge < -0.3 is 9.64 Å². The minimum absolute atomic E-state index is 0.0135. The predicted octanol–water partition coefficient (Wildman–Crippen LogP) is 4.11. The summed E-state index contributed by atoms with van der Waals surface area (Å²) in [6, 6.07) is 13.0. The van der Waals surface area contributed by atoms with Crippen LogP contribution in [0.4, 0.5) is 0 Å². The SMILES string of the molecule is O=C(c1cc(S(=O)(=O)N2CCOCC2)c(Cl)cc1Cl)N1CCC(Cc2ccccc2)CC1. The van der Waals surface area contributed by atoms with Crippen LogP contribution in [0.25, 0.3) is 0 Å². The lowest BCUT2D eigenvalue weighted by molar-refractivity contribution is 0.0690. The van der Waals surface area contributed by atoms with Gasteiger partial charge in [-0.05, 0) is 42.9 Å². The maximum Gasteiger partial charge on any atom is 0.255 e. The Morgan fingerprint density at radius 2 is 1.62 bits per heavy atom. The van der Waals surface area contributed by atoms with E-state index in [0.29, 0.717) is 32.2 Å². The molecule has 0 radical (unpaired) electrons. The molecule has 0 aliphatic carbocycles. The second-order valence-electron chi connectivity index (χ2n) is 8.20. The third-order valence-corrected chi connectivity index (χ3v) is 8.78. The summed E-state index contributed by atoms with van der Waals surface area (Å²) in [6.45, 7) is 2.38. The molecular weight excluding hydrogens is 471 g/mol. The molecule has 6 nitrogen and oxygen atoms in total. The molecule has 2 fully saturated rings. The van der Waals surface area contributed by atoms with Crippen molar-refractivity contribution in [2.45, 2.75) is 24.2 Å². The lowest BCUT2D eigenvalue weighted by atomic mass is 9.90. The number of hydrogen-bond donors (Lipinski definition) is 0. The van der Waals surface area contributed by atoms with Crippen LogP contribution in [0.5, 0.6) is 0 Å². The van der Waals surface area contributed by atoms with Crippen molar-refractivity contribution in [2.75, 3.05) is 39.4 Å². The molecule has 2 aromatic carbocycles. The quantitative estimate of drug-likeness (QED) is 0.624. The number of ether oxygens (including phenoxy) is 1. The zero-order valence-electron chi connectivity index (χ0n) is 17.7. The van der Waals surface area contributed by atoms with Crippen molar-refractivity contribution in [3.63, 3.8) is 0 Å². The van der Waals surface area contributed by atoms with Crippen molar-refractivity contribution >= 4 is 39.1 Å². The van der Waals surface area contributed by atoms with E-state index in [2.05, 4.69) is 12.1 Å². The monoisotopic (exact) mass is 496 g/mol. The molecule has 0 bridgehead atoms. The highest BCUT2D eigenvalue weighted by Crippen LogP contribution is 2.32. The molecule has 4 rings (SSSR count). The normalized spacial score (nSPS) is 18.6. The van der Waals surface area contributed by atoms with Crippen LogP contribution in [-0.2, 0) is 21.2 Å². The summed E-state index contributed by atoms with van der Waals surface area (Å²) < 4.78 is 32.8. The summed E-state index contributed by atoms with van der Waals surface area (Å²) in [5.41, 5.74) is 1.47. The Balaban J connectivity index is 1.49. The molecule has 1 amide bonds. The smallest absolute Gasteiger partial charge is 0.255 e. The van der Waals surface area contributed by atoms with Crippen LogP contribution in [0.15, 0.2) is 47.4 Å². The van der Waals surface area contributed by atoms with Crippen molar-refractivity contribution in [1.82, 2.24) is 9.21 Å². The number of halogens is 2. The number of carbonyl (C=O) groups is 1. The Hall–Kier alpha value is -1.64. The van der Waals surface area contributed by atoms with Crippen molar-refractivity contribution in [2.24, 2.45) is 5.92 Å². The molecule has 0 N–H and O–H groups in total. The molecule has 2 aliphatic rings. The van der Waals surface area contributed by atoms with E-state index in [1.807, 2.05) is 18.2 Å². The summed E-state index contributed by atoms with van der Waals surface area (Å²) in [5, 5.41) is 0.173. The molecule has 0 aromatic heterocycles. The van der Waals surface area contributed by atoms with Crippen LogP contribution in [0.2, 0.25) is 10.0 Å². The Kier molecular flexibility index (Phi) is 7.42. The van der Waals surface area contributed by atoms with E-state index in [0.717, 1.165) is 19.3 Å². The highest BCUT2D eigenvalue weighted by atomic mass is 35.5. The highest BCUT2D eigenvalue weighted by Gasteiger charge is 2.31. The molecule has 172 valence electrons. The zero-order valence-corrected chi connectivity index (χ0v) is 20.0. The second-order valence-corrected chi connectivity index (χ2v) is 10.9. The number of rotatable bonds is 5. The molecule has 0 atom stereocenters. The van der Waals surface area contributed by atoms with Crippen LogP contribution < -0.4 is 0 Å². The molecule has 2 aliphatic heterocycles. The summed E-state index contributed by atoms with van der Waals surface area (Å²) in [5.74, 6) is 0.252. The van der Waals surface area contributed by atoms with E-state index in [4.69, 9.17) is 27.9 Å². The molecule has 0 unspecified atom stereocenters. The predicted molar refractivity (Wildman–Crippen MR) is 125 cm³/mol. The summed E-state index contributed by atoms with van der Waals surface area (Å²) in [6.07, 6.45) is 2.78. The number of carbonyl (C=O) groups excluding carboxylic acids is 1. The topological polar surface area (TPSA) is 66.9 Å². The zero-order chi connectivity index (χ0) is 22.7. The van der Waals surface area contributed by atoms with Crippen molar-refractivity contribution < 1.29 is 17.9 Å². The first-order chi connectivity index (χ1) is 15.4.